The molecule has 8 heteroatoms. The van der Waals surface area contributed by atoms with E-state index < -0.39 is 47.2 Å². The van der Waals surface area contributed by atoms with Crippen molar-refractivity contribution in [3.05, 3.63) is 64.5 Å². The lowest BCUT2D eigenvalue weighted by molar-refractivity contribution is -0.134. The van der Waals surface area contributed by atoms with Gasteiger partial charge in [0, 0.05) is 0 Å². The van der Waals surface area contributed by atoms with E-state index in [1.54, 1.807) is 6.07 Å². The Bertz CT molecular complexity index is 800. The molecule has 0 N–H and O–H groups in total. The van der Waals surface area contributed by atoms with E-state index in [0.29, 0.717) is 0 Å². The van der Waals surface area contributed by atoms with Gasteiger partial charge in [-0.1, -0.05) is 18.2 Å². The van der Waals surface area contributed by atoms with Crippen LogP contribution < -0.4 is 4.74 Å². The molecule has 0 heterocycles. The minimum atomic E-state index is -2.35. The summed E-state index contributed by atoms with van der Waals surface area (Å²) in [5, 5.41) is 8.85. The lowest BCUT2D eigenvalue weighted by Gasteiger charge is -2.09. The number of hydrogen-bond acceptors (Lipinski definition) is 3. The number of carbonyl (C=O) groups is 1. The summed E-state index contributed by atoms with van der Waals surface area (Å²) in [5.41, 5.74) is 0.297. The summed E-state index contributed by atoms with van der Waals surface area (Å²) in [5.74, 6) is -14.2. The first-order chi connectivity index (χ1) is 10.9. The number of rotatable bonds is 3. The molecule has 2 rings (SSSR count). The molecule has 0 aliphatic carbocycles. The molecule has 0 spiro atoms. The second kappa shape index (κ2) is 6.44. The molecule has 0 radical (unpaired) electrons. The summed E-state index contributed by atoms with van der Waals surface area (Å²) < 4.78 is 69.9. The summed E-state index contributed by atoms with van der Waals surface area (Å²) in [6.45, 7) is 0. The predicted octanol–water partition coefficient (Wildman–Crippen LogP) is 3.40. The Morgan fingerprint density at radius 1 is 0.957 bits per heavy atom. The maximum atomic E-state index is 13.4. The van der Waals surface area contributed by atoms with E-state index in [4.69, 9.17) is 5.26 Å². The predicted molar refractivity (Wildman–Crippen MR) is 66.7 cm³/mol. The van der Waals surface area contributed by atoms with E-state index in [9.17, 15) is 26.7 Å². The maximum Gasteiger partial charge on any atom is 0.315 e. The van der Waals surface area contributed by atoms with Crippen molar-refractivity contribution < 1.29 is 31.5 Å². The molecule has 0 atom stereocenters. The molecule has 0 bridgehead atoms. The quantitative estimate of drug-likeness (QED) is 0.285. The molecule has 118 valence electrons. The highest BCUT2D eigenvalue weighted by molar-refractivity contribution is 5.76. The summed E-state index contributed by atoms with van der Waals surface area (Å²) in [7, 11) is 0. The van der Waals surface area contributed by atoms with Crippen molar-refractivity contribution in [1.29, 1.82) is 5.26 Å². The Morgan fingerprint density at radius 3 is 2.04 bits per heavy atom. The van der Waals surface area contributed by atoms with Crippen molar-refractivity contribution in [1.82, 2.24) is 0 Å². The van der Waals surface area contributed by atoms with E-state index in [0.717, 1.165) is 0 Å². The van der Waals surface area contributed by atoms with Crippen LogP contribution in [-0.4, -0.2) is 5.97 Å². The van der Waals surface area contributed by atoms with Crippen LogP contribution in [0.1, 0.15) is 11.1 Å². The third-order valence-electron chi connectivity index (χ3n) is 2.86. The van der Waals surface area contributed by atoms with Crippen molar-refractivity contribution in [2.45, 2.75) is 6.42 Å². The first kappa shape index (κ1) is 16.4. The van der Waals surface area contributed by atoms with Gasteiger partial charge in [-0.25, -0.2) is 13.2 Å². The Morgan fingerprint density at radius 2 is 1.48 bits per heavy atom. The summed E-state index contributed by atoms with van der Waals surface area (Å²) in [6, 6.07) is 7.59. The second-order valence-corrected chi connectivity index (χ2v) is 4.32. The number of benzene rings is 2. The van der Waals surface area contributed by atoms with Crippen LogP contribution in [0.2, 0.25) is 0 Å². The number of nitriles is 1. The molecule has 23 heavy (non-hydrogen) atoms. The van der Waals surface area contributed by atoms with Crippen LogP contribution in [0.4, 0.5) is 22.0 Å². The van der Waals surface area contributed by atoms with Crippen LogP contribution >= 0.6 is 0 Å². The van der Waals surface area contributed by atoms with Gasteiger partial charge in [-0.3, -0.25) is 4.79 Å². The van der Waals surface area contributed by atoms with Gasteiger partial charge in [-0.2, -0.15) is 14.0 Å². The van der Waals surface area contributed by atoms with Crippen molar-refractivity contribution in [3.63, 3.8) is 0 Å². The fourth-order valence-electron chi connectivity index (χ4n) is 1.76. The highest BCUT2D eigenvalue weighted by Gasteiger charge is 2.28. The van der Waals surface area contributed by atoms with Gasteiger partial charge in [-0.15, -0.1) is 0 Å². The number of carbonyl (C=O) groups excluding carboxylic acids is 1. The van der Waals surface area contributed by atoms with Crippen LogP contribution in [-0.2, 0) is 11.2 Å². The molecule has 0 aliphatic rings. The molecule has 0 aliphatic heterocycles. The van der Waals surface area contributed by atoms with E-state index in [-0.39, 0.29) is 11.1 Å². The molecular formula is C15H6F5NO2. The zero-order chi connectivity index (χ0) is 17.1. The standard InChI is InChI=1S/C15H6F5NO2/c16-10-11(17)13(19)15(14(20)12(10)18)23-9(22)5-7-3-1-2-4-8(7)6-21/h1-4H,5H2. The SMILES string of the molecule is N#Cc1ccccc1CC(=O)Oc1c(F)c(F)c(F)c(F)c1F. The molecule has 2 aromatic carbocycles. The zero-order valence-electron chi connectivity index (χ0n) is 11.2. The van der Waals surface area contributed by atoms with Gasteiger partial charge in [0.25, 0.3) is 0 Å². The van der Waals surface area contributed by atoms with E-state index in [1.165, 1.54) is 24.3 Å². The molecular weight excluding hydrogens is 321 g/mol. The highest BCUT2D eigenvalue weighted by atomic mass is 19.2. The Hall–Kier alpha value is -2.95. The number of hydrogen-bond donors (Lipinski definition) is 0. The van der Waals surface area contributed by atoms with Gasteiger partial charge in [-0.05, 0) is 11.6 Å². The van der Waals surface area contributed by atoms with Crippen molar-refractivity contribution >= 4 is 5.97 Å². The average Bonchev–Trinajstić information content (AvgIpc) is 2.55. The van der Waals surface area contributed by atoms with Gasteiger partial charge in [0.2, 0.25) is 34.8 Å². The summed E-state index contributed by atoms with van der Waals surface area (Å²) in [4.78, 5) is 11.7. The third kappa shape index (κ3) is 3.13. The van der Waals surface area contributed by atoms with Gasteiger partial charge in [0.15, 0.2) is 0 Å². The zero-order valence-corrected chi connectivity index (χ0v) is 11.2. The minimum absolute atomic E-state index is 0.113. The Balaban J connectivity index is 2.30. The molecule has 0 saturated carbocycles. The van der Waals surface area contributed by atoms with Crippen molar-refractivity contribution in [2.24, 2.45) is 0 Å². The van der Waals surface area contributed by atoms with Crippen molar-refractivity contribution in [2.75, 3.05) is 0 Å². The lowest BCUT2D eigenvalue weighted by atomic mass is 10.1. The van der Waals surface area contributed by atoms with Crippen LogP contribution in [0, 0.1) is 40.4 Å². The van der Waals surface area contributed by atoms with Crippen LogP contribution in [0.25, 0.3) is 0 Å². The first-order valence-corrected chi connectivity index (χ1v) is 6.07. The number of nitrogens with zero attached hydrogens (tertiary/aromatic N) is 1. The van der Waals surface area contributed by atoms with Gasteiger partial charge < -0.3 is 4.74 Å². The average molecular weight is 327 g/mol. The van der Waals surface area contributed by atoms with E-state index in [1.807, 2.05) is 0 Å². The van der Waals surface area contributed by atoms with Gasteiger partial charge in [0.1, 0.15) is 0 Å². The number of esters is 1. The highest BCUT2D eigenvalue weighted by Crippen LogP contribution is 2.29. The van der Waals surface area contributed by atoms with Crippen LogP contribution in [0.3, 0.4) is 0 Å². The normalized spacial score (nSPS) is 10.3. The molecule has 3 nitrogen and oxygen atoms in total. The van der Waals surface area contributed by atoms with E-state index in [2.05, 4.69) is 4.74 Å². The Kier molecular flexibility index (Phi) is 4.60. The fourth-order valence-corrected chi connectivity index (χ4v) is 1.76. The lowest BCUT2D eigenvalue weighted by Crippen LogP contribution is -2.16. The molecule has 0 fully saturated rings. The van der Waals surface area contributed by atoms with Crippen molar-refractivity contribution in [3.8, 4) is 11.8 Å². The topological polar surface area (TPSA) is 50.1 Å². The molecule has 2 aromatic rings. The third-order valence-corrected chi connectivity index (χ3v) is 2.86. The smallest absolute Gasteiger partial charge is 0.315 e. The summed E-state index contributed by atoms with van der Waals surface area (Å²) in [6.07, 6.45) is -0.580. The molecule has 0 saturated heterocycles. The van der Waals surface area contributed by atoms with E-state index >= 15 is 0 Å². The largest absolute Gasteiger partial charge is 0.420 e. The summed E-state index contributed by atoms with van der Waals surface area (Å²) >= 11 is 0. The molecule has 0 aromatic heterocycles. The molecule has 0 amide bonds. The molecule has 0 unspecified atom stereocenters. The fraction of sp³-hybridized carbons (Fsp3) is 0.0667. The maximum absolute atomic E-state index is 13.4. The Labute approximate surface area is 126 Å². The van der Waals surface area contributed by atoms with Crippen LogP contribution in [0.5, 0.6) is 5.75 Å². The number of halogens is 5. The van der Waals surface area contributed by atoms with Crippen LogP contribution in [0.15, 0.2) is 24.3 Å². The first-order valence-electron chi connectivity index (χ1n) is 6.07. The van der Waals surface area contributed by atoms with Gasteiger partial charge >= 0.3 is 5.97 Å². The minimum Gasteiger partial charge on any atom is -0.420 e. The second-order valence-electron chi connectivity index (χ2n) is 4.32. The van der Waals surface area contributed by atoms with Gasteiger partial charge in [0.05, 0.1) is 18.1 Å². The monoisotopic (exact) mass is 327 g/mol. The number of ether oxygens (including phenoxy) is 1.